The van der Waals surface area contributed by atoms with Gasteiger partial charge in [-0.05, 0) is 79.8 Å². The Labute approximate surface area is 167 Å². The second kappa shape index (κ2) is 8.63. The van der Waals surface area contributed by atoms with Gasteiger partial charge < -0.3 is 10.3 Å². The molecule has 1 aliphatic rings. The van der Waals surface area contributed by atoms with Gasteiger partial charge >= 0.3 is 0 Å². The zero-order valence-corrected chi connectivity index (χ0v) is 16.5. The molecule has 2 N–H and O–H groups in total. The number of unbranched alkanes of at least 4 members (excludes halogenated alkanes) is 1. The molecule has 1 aliphatic heterocycles. The van der Waals surface area contributed by atoms with Crippen LogP contribution < -0.4 is 5.32 Å². The van der Waals surface area contributed by atoms with Crippen LogP contribution in [-0.4, -0.2) is 18.1 Å². The monoisotopic (exact) mass is 371 g/mol. The number of nitrogens with one attached hydrogen (secondary N) is 2. The van der Waals surface area contributed by atoms with Crippen molar-refractivity contribution in [1.82, 2.24) is 10.3 Å². The van der Waals surface area contributed by atoms with Gasteiger partial charge in [0.05, 0.1) is 11.6 Å². The zero-order chi connectivity index (χ0) is 19.2. The van der Waals surface area contributed by atoms with Crippen molar-refractivity contribution in [1.29, 1.82) is 5.26 Å². The maximum absolute atomic E-state index is 9.17. The SMILES string of the molecule is N#Cc1ccc2[nH]cc(CCCC[C@]3(Cc4ccccc4)CCCNC3)c2c1. The van der Waals surface area contributed by atoms with Gasteiger partial charge in [-0.1, -0.05) is 36.8 Å². The summed E-state index contributed by atoms with van der Waals surface area (Å²) in [6, 6.07) is 19.1. The highest BCUT2D eigenvalue weighted by Gasteiger charge is 2.31. The molecule has 1 aromatic heterocycles. The third kappa shape index (κ3) is 4.29. The second-order valence-corrected chi connectivity index (χ2v) is 8.34. The molecule has 2 aromatic carbocycles. The Morgan fingerprint density at radius 1 is 1.07 bits per heavy atom. The number of hydrogen-bond donors (Lipinski definition) is 2. The van der Waals surface area contributed by atoms with E-state index in [-0.39, 0.29) is 0 Å². The summed E-state index contributed by atoms with van der Waals surface area (Å²) in [6.07, 6.45) is 10.7. The van der Waals surface area contributed by atoms with Crippen LogP contribution in [0.4, 0.5) is 0 Å². The molecule has 0 radical (unpaired) electrons. The molecular weight excluding hydrogens is 342 g/mol. The molecule has 0 amide bonds. The lowest BCUT2D eigenvalue weighted by Crippen LogP contribution is -2.41. The summed E-state index contributed by atoms with van der Waals surface area (Å²) < 4.78 is 0. The summed E-state index contributed by atoms with van der Waals surface area (Å²) in [5, 5.41) is 14.0. The number of aromatic nitrogens is 1. The number of piperidine rings is 1. The normalized spacial score (nSPS) is 19.5. The van der Waals surface area contributed by atoms with Gasteiger partial charge in [-0.25, -0.2) is 0 Å². The van der Waals surface area contributed by atoms with Gasteiger partial charge in [0, 0.05) is 23.6 Å². The lowest BCUT2D eigenvalue weighted by molar-refractivity contribution is 0.184. The van der Waals surface area contributed by atoms with Gasteiger partial charge in [0.1, 0.15) is 0 Å². The molecule has 1 fully saturated rings. The lowest BCUT2D eigenvalue weighted by atomic mass is 9.72. The smallest absolute Gasteiger partial charge is 0.0991 e. The highest BCUT2D eigenvalue weighted by molar-refractivity contribution is 5.84. The number of benzene rings is 2. The largest absolute Gasteiger partial charge is 0.361 e. The minimum atomic E-state index is 0.397. The van der Waals surface area contributed by atoms with Crippen molar-refractivity contribution in [2.24, 2.45) is 5.41 Å². The Kier molecular flexibility index (Phi) is 5.78. The van der Waals surface area contributed by atoms with Gasteiger partial charge in [0.25, 0.3) is 0 Å². The Bertz CT molecular complexity index is 943. The summed E-state index contributed by atoms with van der Waals surface area (Å²) >= 11 is 0. The third-order valence-corrected chi connectivity index (χ3v) is 6.28. The van der Waals surface area contributed by atoms with Crippen molar-refractivity contribution in [3.05, 3.63) is 71.4 Å². The van der Waals surface area contributed by atoms with E-state index in [0.29, 0.717) is 5.41 Å². The van der Waals surface area contributed by atoms with Crippen LogP contribution in [0.1, 0.15) is 48.8 Å². The van der Waals surface area contributed by atoms with Crippen LogP contribution in [-0.2, 0) is 12.8 Å². The average Bonchev–Trinajstić information content (AvgIpc) is 3.15. The van der Waals surface area contributed by atoms with Crippen LogP contribution in [0.25, 0.3) is 10.9 Å². The molecule has 0 spiro atoms. The van der Waals surface area contributed by atoms with Crippen molar-refractivity contribution in [2.75, 3.05) is 13.1 Å². The first-order valence-electron chi connectivity index (χ1n) is 10.5. The van der Waals surface area contributed by atoms with Crippen LogP contribution in [0.3, 0.4) is 0 Å². The highest BCUT2D eigenvalue weighted by Crippen LogP contribution is 2.36. The Morgan fingerprint density at radius 3 is 2.75 bits per heavy atom. The number of aromatic amines is 1. The maximum Gasteiger partial charge on any atom is 0.0991 e. The van der Waals surface area contributed by atoms with Gasteiger partial charge in [-0.15, -0.1) is 0 Å². The van der Waals surface area contributed by atoms with Gasteiger partial charge in [0.15, 0.2) is 0 Å². The predicted molar refractivity (Wildman–Crippen MR) is 115 cm³/mol. The fourth-order valence-electron chi connectivity index (χ4n) is 4.78. The molecule has 2 heterocycles. The molecule has 3 aromatic rings. The van der Waals surface area contributed by atoms with E-state index in [9.17, 15) is 0 Å². The van der Waals surface area contributed by atoms with E-state index in [4.69, 9.17) is 5.26 Å². The number of nitriles is 1. The summed E-state index contributed by atoms with van der Waals surface area (Å²) in [5.41, 5.74) is 5.07. The molecular formula is C25H29N3. The summed E-state index contributed by atoms with van der Waals surface area (Å²) in [6.45, 7) is 2.30. The van der Waals surface area contributed by atoms with E-state index >= 15 is 0 Å². The maximum atomic E-state index is 9.17. The third-order valence-electron chi connectivity index (χ3n) is 6.28. The van der Waals surface area contributed by atoms with Gasteiger partial charge in [0.2, 0.25) is 0 Å². The molecule has 3 nitrogen and oxygen atoms in total. The topological polar surface area (TPSA) is 51.6 Å². The van der Waals surface area contributed by atoms with E-state index in [0.717, 1.165) is 30.6 Å². The highest BCUT2D eigenvalue weighted by atomic mass is 14.9. The molecule has 144 valence electrons. The Morgan fingerprint density at radius 2 is 1.96 bits per heavy atom. The molecule has 28 heavy (non-hydrogen) atoms. The number of nitrogens with zero attached hydrogens (tertiary/aromatic N) is 1. The molecule has 3 heteroatoms. The minimum Gasteiger partial charge on any atom is -0.361 e. The Balaban J connectivity index is 1.38. The van der Waals surface area contributed by atoms with E-state index in [2.05, 4.69) is 52.9 Å². The van der Waals surface area contributed by atoms with Gasteiger partial charge in [-0.2, -0.15) is 5.26 Å². The van der Waals surface area contributed by atoms with Crippen LogP contribution >= 0.6 is 0 Å². The van der Waals surface area contributed by atoms with Crippen LogP contribution in [0.5, 0.6) is 0 Å². The number of hydrogen-bond acceptors (Lipinski definition) is 2. The van der Waals surface area contributed by atoms with Crippen LogP contribution in [0, 0.1) is 16.7 Å². The summed E-state index contributed by atoms with van der Waals surface area (Å²) in [5.74, 6) is 0. The molecule has 1 atom stereocenters. The Hall–Kier alpha value is -2.57. The number of H-pyrrole nitrogens is 1. The van der Waals surface area contributed by atoms with Crippen molar-refractivity contribution < 1.29 is 0 Å². The van der Waals surface area contributed by atoms with E-state index < -0.39 is 0 Å². The quantitative estimate of drug-likeness (QED) is 0.549. The van der Waals surface area contributed by atoms with Crippen molar-refractivity contribution >= 4 is 10.9 Å². The van der Waals surface area contributed by atoms with E-state index in [1.165, 1.54) is 55.0 Å². The first-order valence-corrected chi connectivity index (χ1v) is 10.5. The fraction of sp³-hybridized carbons (Fsp3) is 0.400. The molecule has 0 aliphatic carbocycles. The summed E-state index contributed by atoms with van der Waals surface area (Å²) in [7, 11) is 0. The van der Waals surface area contributed by atoms with Crippen molar-refractivity contribution in [3.8, 4) is 6.07 Å². The zero-order valence-electron chi connectivity index (χ0n) is 16.5. The number of fused-ring (bicyclic) bond motifs is 1. The molecule has 0 saturated carbocycles. The van der Waals surface area contributed by atoms with Crippen LogP contribution in [0.2, 0.25) is 0 Å². The van der Waals surface area contributed by atoms with Crippen molar-refractivity contribution in [3.63, 3.8) is 0 Å². The van der Waals surface area contributed by atoms with Crippen molar-refractivity contribution in [2.45, 2.75) is 44.9 Å². The number of aryl methyl sites for hydroxylation is 1. The predicted octanol–water partition coefficient (Wildman–Crippen LogP) is 5.36. The lowest BCUT2D eigenvalue weighted by Gasteiger charge is -2.38. The number of rotatable bonds is 7. The molecule has 0 unspecified atom stereocenters. The molecule has 0 bridgehead atoms. The first kappa shape index (κ1) is 18.8. The first-order chi connectivity index (χ1) is 13.8. The second-order valence-electron chi connectivity index (χ2n) is 8.34. The molecule has 1 saturated heterocycles. The standard InChI is InChI=1S/C25H29N3/c26-17-21-10-11-24-23(15-21)22(18-28-24)9-4-5-12-25(13-6-14-27-19-25)16-20-7-2-1-3-8-20/h1-3,7-8,10-11,15,18,27-28H,4-6,9,12-14,16,19H2/t25-/m1/s1. The fourth-order valence-corrected chi connectivity index (χ4v) is 4.78. The van der Waals surface area contributed by atoms with Gasteiger partial charge in [-0.3, -0.25) is 0 Å². The minimum absolute atomic E-state index is 0.397. The van der Waals surface area contributed by atoms with E-state index in [1.807, 2.05) is 18.2 Å². The molecule has 4 rings (SSSR count). The average molecular weight is 372 g/mol. The summed E-state index contributed by atoms with van der Waals surface area (Å²) in [4.78, 5) is 3.35. The van der Waals surface area contributed by atoms with Crippen LogP contribution in [0.15, 0.2) is 54.7 Å². The van der Waals surface area contributed by atoms with E-state index in [1.54, 1.807) is 0 Å².